The lowest BCUT2D eigenvalue weighted by Gasteiger charge is -2.06. The molecule has 0 spiro atoms. The van der Waals surface area contributed by atoms with E-state index in [2.05, 4.69) is 9.97 Å². The van der Waals surface area contributed by atoms with E-state index in [0.717, 1.165) is 27.6 Å². The van der Waals surface area contributed by atoms with Crippen LogP contribution < -0.4 is 5.73 Å². The van der Waals surface area contributed by atoms with Gasteiger partial charge in [-0.3, -0.25) is 0 Å². The van der Waals surface area contributed by atoms with Crippen LogP contribution >= 0.6 is 11.8 Å². The Balaban J connectivity index is 1.73. The summed E-state index contributed by atoms with van der Waals surface area (Å²) in [4.78, 5) is 7.18. The predicted molar refractivity (Wildman–Crippen MR) is 72.5 cm³/mol. The molecule has 0 aliphatic heterocycles. The molecule has 0 aliphatic carbocycles. The van der Waals surface area contributed by atoms with Crippen molar-refractivity contribution in [3.8, 4) is 0 Å². The monoisotopic (exact) mass is 259 g/mol. The van der Waals surface area contributed by atoms with Crippen molar-refractivity contribution < 1.29 is 4.42 Å². The molecule has 0 saturated heterocycles. The molecule has 0 amide bonds. The zero-order chi connectivity index (χ0) is 12.4. The van der Waals surface area contributed by atoms with E-state index in [-0.39, 0.29) is 6.04 Å². The molecular weight excluding hydrogens is 246 g/mol. The second-order valence-electron chi connectivity index (χ2n) is 4.00. The van der Waals surface area contributed by atoms with E-state index in [1.54, 1.807) is 24.2 Å². The van der Waals surface area contributed by atoms with E-state index < -0.39 is 0 Å². The van der Waals surface area contributed by atoms with Crippen LogP contribution in [0.2, 0.25) is 0 Å². The third-order valence-corrected chi connectivity index (χ3v) is 3.71. The highest BCUT2D eigenvalue weighted by molar-refractivity contribution is 7.99. The Morgan fingerprint density at radius 3 is 3.06 bits per heavy atom. The van der Waals surface area contributed by atoms with Crippen molar-refractivity contribution in [2.24, 2.45) is 5.73 Å². The van der Waals surface area contributed by atoms with Crippen molar-refractivity contribution in [2.45, 2.75) is 11.2 Å². The van der Waals surface area contributed by atoms with Gasteiger partial charge in [0.05, 0.1) is 6.04 Å². The first-order valence-electron chi connectivity index (χ1n) is 5.69. The lowest BCUT2D eigenvalue weighted by molar-refractivity contribution is 0.516. The van der Waals surface area contributed by atoms with Crippen LogP contribution in [0, 0.1) is 0 Å². The third kappa shape index (κ3) is 2.27. The minimum absolute atomic E-state index is 0.132. The number of nitrogens with two attached hydrogens (primary N) is 1. The highest BCUT2D eigenvalue weighted by Gasteiger charge is 2.12. The zero-order valence-electron chi connectivity index (χ0n) is 9.67. The number of nitrogens with zero attached hydrogens (tertiary/aromatic N) is 1. The number of hydrogen-bond acceptors (Lipinski definition) is 4. The standard InChI is InChI=1S/C13H13N3OS/c14-10(8-18-13-15-5-6-16-13)12-7-9-3-1-2-4-11(9)17-12/h1-7,10H,8,14H2,(H,15,16). The van der Waals surface area contributed by atoms with E-state index in [0.29, 0.717) is 0 Å². The summed E-state index contributed by atoms with van der Waals surface area (Å²) in [5.41, 5.74) is 7.00. The average molecular weight is 259 g/mol. The summed E-state index contributed by atoms with van der Waals surface area (Å²) in [6.45, 7) is 0. The SMILES string of the molecule is NC(CSc1ncc[nH]1)c1cc2ccccc2o1. The van der Waals surface area contributed by atoms with Crippen LogP contribution in [0.1, 0.15) is 11.8 Å². The Hall–Kier alpha value is -1.72. The molecule has 2 heterocycles. The molecule has 0 fully saturated rings. The zero-order valence-corrected chi connectivity index (χ0v) is 10.5. The van der Waals surface area contributed by atoms with E-state index in [1.165, 1.54) is 0 Å². The number of fused-ring (bicyclic) bond motifs is 1. The molecule has 3 N–H and O–H groups in total. The van der Waals surface area contributed by atoms with Crippen molar-refractivity contribution in [3.05, 3.63) is 48.5 Å². The molecule has 0 bridgehead atoms. The normalized spacial score (nSPS) is 12.9. The maximum absolute atomic E-state index is 6.12. The fraction of sp³-hybridized carbons (Fsp3) is 0.154. The molecule has 1 unspecified atom stereocenters. The van der Waals surface area contributed by atoms with Crippen molar-refractivity contribution >= 4 is 22.7 Å². The molecule has 1 atom stereocenters. The summed E-state index contributed by atoms with van der Waals surface area (Å²) < 4.78 is 5.73. The second kappa shape index (κ2) is 4.88. The maximum atomic E-state index is 6.12. The Morgan fingerprint density at radius 1 is 1.39 bits per heavy atom. The molecule has 18 heavy (non-hydrogen) atoms. The van der Waals surface area contributed by atoms with Gasteiger partial charge in [-0.1, -0.05) is 30.0 Å². The molecule has 0 aliphatic rings. The van der Waals surface area contributed by atoms with E-state index in [1.807, 2.05) is 30.3 Å². The number of imidazole rings is 1. The number of rotatable bonds is 4. The number of thioether (sulfide) groups is 1. The first kappa shape index (κ1) is 11.4. The molecule has 5 heteroatoms. The number of para-hydroxylation sites is 1. The Kier molecular flexibility index (Phi) is 3.08. The van der Waals surface area contributed by atoms with Crippen molar-refractivity contribution in [2.75, 3.05) is 5.75 Å². The topological polar surface area (TPSA) is 67.8 Å². The Bertz CT molecular complexity index is 600. The average Bonchev–Trinajstić information content (AvgIpc) is 3.04. The summed E-state index contributed by atoms with van der Waals surface area (Å²) in [6.07, 6.45) is 3.53. The number of benzene rings is 1. The number of furan rings is 1. The Morgan fingerprint density at radius 2 is 2.28 bits per heavy atom. The highest BCUT2D eigenvalue weighted by atomic mass is 32.2. The van der Waals surface area contributed by atoms with Crippen LogP contribution in [-0.4, -0.2) is 15.7 Å². The van der Waals surface area contributed by atoms with Gasteiger partial charge in [-0.2, -0.15) is 0 Å². The molecule has 3 rings (SSSR count). The maximum Gasteiger partial charge on any atom is 0.165 e. The van der Waals surface area contributed by atoms with Crippen molar-refractivity contribution in [3.63, 3.8) is 0 Å². The lowest BCUT2D eigenvalue weighted by Crippen LogP contribution is -2.11. The minimum Gasteiger partial charge on any atom is -0.459 e. The number of H-pyrrole nitrogens is 1. The third-order valence-electron chi connectivity index (χ3n) is 2.68. The fourth-order valence-corrected chi connectivity index (χ4v) is 2.55. The summed E-state index contributed by atoms with van der Waals surface area (Å²) in [5, 5.41) is 1.97. The van der Waals surface area contributed by atoms with Gasteiger partial charge in [-0.05, 0) is 12.1 Å². The molecule has 0 saturated carbocycles. The van der Waals surface area contributed by atoms with Gasteiger partial charge >= 0.3 is 0 Å². The summed E-state index contributed by atoms with van der Waals surface area (Å²) >= 11 is 1.59. The largest absolute Gasteiger partial charge is 0.459 e. The van der Waals surface area contributed by atoms with Crippen molar-refractivity contribution in [1.82, 2.24) is 9.97 Å². The molecule has 0 radical (unpaired) electrons. The number of nitrogens with one attached hydrogen (secondary N) is 1. The van der Waals surface area contributed by atoms with Gasteiger partial charge in [0.15, 0.2) is 5.16 Å². The van der Waals surface area contributed by atoms with Gasteiger partial charge in [0.1, 0.15) is 11.3 Å². The minimum atomic E-state index is -0.132. The predicted octanol–water partition coefficient (Wildman–Crippen LogP) is 2.95. The van der Waals surface area contributed by atoms with Crippen LogP contribution in [-0.2, 0) is 0 Å². The first-order valence-corrected chi connectivity index (χ1v) is 6.68. The highest BCUT2D eigenvalue weighted by Crippen LogP contribution is 2.26. The Labute approximate surface area is 109 Å². The molecular formula is C13H13N3OS. The van der Waals surface area contributed by atoms with E-state index >= 15 is 0 Å². The van der Waals surface area contributed by atoms with Crippen molar-refractivity contribution in [1.29, 1.82) is 0 Å². The van der Waals surface area contributed by atoms with Gasteiger partial charge in [-0.15, -0.1) is 0 Å². The smallest absolute Gasteiger partial charge is 0.165 e. The molecule has 3 aromatic rings. The summed E-state index contributed by atoms with van der Waals surface area (Å²) in [7, 11) is 0. The van der Waals surface area contributed by atoms with Crippen LogP contribution in [0.15, 0.2) is 52.3 Å². The number of hydrogen-bond donors (Lipinski definition) is 2. The van der Waals surface area contributed by atoms with Gasteiger partial charge < -0.3 is 15.1 Å². The second-order valence-corrected chi connectivity index (χ2v) is 5.01. The van der Waals surface area contributed by atoms with Gasteiger partial charge in [0.25, 0.3) is 0 Å². The van der Waals surface area contributed by atoms with Gasteiger partial charge in [0, 0.05) is 23.5 Å². The number of aromatic amines is 1. The fourth-order valence-electron chi connectivity index (χ4n) is 1.77. The molecule has 92 valence electrons. The quantitative estimate of drug-likeness (QED) is 0.707. The molecule has 4 nitrogen and oxygen atoms in total. The van der Waals surface area contributed by atoms with Crippen LogP contribution in [0.25, 0.3) is 11.0 Å². The molecule has 2 aromatic heterocycles. The number of aromatic nitrogens is 2. The molecule has 1 aromatic carbocycles. The van der Waals surface area contributed by atoms with E-state index in [9.17, 15) is 0 Å². The summed E-state index contributed by atoms with van der Waals surface area (Å²) in [6, 6.07) is 9.79. The summed E-state index contributed by atoms with van der Waals surface area (Å²) in [5.74, 6) is 1.54. The van der Waals surface area contributed by atoms with Crippen LogP contribution in [0.5, 0.6) is 0 Å². The van der Waals surface area contributed by atoms with E-state index in [4.69, 9.17) is 10.2 Å². The lowest BCUT2D eigenvalue weighted by atomic mass is 10.2. The van der Waals surface area contributed by atoms with Crippen LogP contribution in [0.3, 0.4) is 0 Å². The van der Waals surface area contributed by atoms with Gasteiger partial charge in [0.2, 0.25) is 0 Å². The van der Waals surface area contributed by atoms with Gasteiger partial charge in [-0.25, -0.2) is 4.98 Å². The van der Waals surface area contributed by atoms with Crippen LogP contribution in [0.4, 0.5) is 0 Å². The first-order chi connectivity index (χ1) is 8.83.